The number of hydrogen-bond acceptors (Lipinski definition) is 4. The molecule has 0 aliphatic rings. The summed E-state index contributed by atoms with van der Waals surface area (Å²) in [5, 5.41) is 2.49. The summed E-state index contributed by atoms with van der Waals surface area (Å²) in [6, 6.07) is 8.97. The average Bonchev–Trinajstić information content (AvgIpc) is 2.43. The third-order valence-electron chi connectivity index (χ3n) is 2.77. The van der Waals surface area contributed by atoms with E-state index in [0.29, 0.717) is 0 Å². The molecule has 2 unspecified atom stereocenters. The second-order valence-corrected chi connectivity index (χ2v) is 4.02. The van der Waals surface area contributed by atoms with E-state index in [4.69, 9.17) is 5.73 Å². The average molecular weight is 287 g/mol. The number of carbonyl (C=O) groups is 2. The number of amides is 1. The van der Waals surface area contributed by atoms with E-state index in [1.807, 2.05) is 30.3 Å². The lowest BCUT2D eigenvalue weighted by atomic mass is 9.95. The van der Waals surface area contributed by atoms with E-state index in [2.05, 4.69) is 10.1 Å². The molecule has 1 amide bonds. The summed E-state index contributed by atoms with van der Waals surface area (Å²) in [5.41, 5.74) is 6.89. The Hall–Kier alpha value is -1.59. The van der Waals surface area contributed by atoms with Gasteiger partial charge in [-0.1, -0.05) is 37.3 Å². The number of nitrogens with two attached hydrogens (primary N) is 1. The van der Waals surface area contributed by atoms with Gasteiger partial charge in [-0.15, -0.1) is 12.4 Å². The van der Waals surface area contributed by atoms with Gasteiger partial charge in [0, 0.05) is 6.04 Å². The third-order valence-corrected chi connectivity index (χ3v) is 2.77. The van der Waals surface area contributed by atoms with Crippen LogP contribution >= 0.6 is 12.4 Å². The van der Waals surface area contributed by atoms with Gasteiger partial charge in [-0.3, -0.25) is 9.59 Å². The number of ether oxygens (including phenoxy) is 1. The Balaban J connectivity index is 0.00000324. The van der Waals surface area contributed by atoms with Gasteiger partial charge in [-0.05, 0) is 5.56 Å². The fourth-order valence-corrected chi connectivity index (χ4v) is 1.52. The fraction of sp³-hybridized carbons (Fsp3) is 0.385. The van der Waals surface area contributed by atoms with Crippen LogP contribution in [-0.4, -0.2) is 25.5 Å². The molecule has 106 valence electrons. The lowest BCUT2D eigenvalue weighted by Crippen LogP contribution is -2.38. The van der Waals surface area contributed by atoms with Crippen molar-refractivity contribution in [3.05, 3.63) is 35.9 Å². The van der Waals surface area contributed by atoms with Gasteiger partial charge >= 0.3 is 5.97 Å². The minimum absolute atomic E-state index is 0. The summed E-state index contributed by atoms with van der Waals surface area (Å²) in [7, 11) is 1.27. The minimum atomic E-state index is -0.483. The Morgan fingerprint density at radius 1 is 1.32 bits per heavy atom. The molecule has 0 saturated carbocycles. The van der Waals surface area contributed by atoms with Crippen LogP contribution in [0.1, 0.15) is 18.5 Å². The van der Waals surface area contributed by atoms with E-state index >= 15 is 0 Å². The molecule has 0 heterocycles. The molecule has 6 heteroatoms. The number of methoxy groups -OCH3 is 1. The first-order valence-corrected chi connectivity index (χ1v) is 5.71. The molecule has 0 aromatic heterocycles. The number of esters is 1. The van der Waals surface area contributed by atoms with Gasteiger partial charge < -0.3 is 15.8 Å². The first-order chi connectivity index (χ1) is 8.56. The lowest BCUT2D eigenvalue weighted by molar-refractivity contribution is -0.141. The van der Waals surface area contributed by atoms with E-state index in [1.54, 1.807) is 6.92 Å². The quantitative estimate of drug-likeness (QED) is 0.792. The van der Waals surface area contributed by atoms with Crippen molar-refractivity contribution in [1.29, 1.82) is 0 Å². The summed E-state index contributed by atoms with van der Waals surface area (Å²) in [6.07, 6.45) is 0. The zero-order valence-corrected chi connectivity index (χ0v) is 11.8. The van der Waals surface area contributed by atoms with E-state index in [0.717, 1.165) is 5.56 Å². The van der Waals surface area contributed by atoms with Crippen LogP contribution in [0.4, 0.5) is 0 Å². The minimum Gasteiger partial charge on any atom is -0.468 e. The number of nitrogens with one attached hydrogen (secondary N) is 1. The van der Waals surface area contributed by atoms with Gasteiger partial charge in [0.2, 0.25) is 5.91 Å². The number of benzene rings is 1. The van der Waals surface area contributed by atoms with Crippen LogP contribution in [0.15, 0.2) is 30.3 Å². The molecule has 2 atom stereocenters. The van der Waals surface area contributed by atoms with Crippen molar-refractivity contribution in [2.75, 3.05) is 13.7 Å². The summed E-state index contributed by atoms with van der Waals surface area (Å²) < 4.78 is 4.44. The van der Waals surface area contributed by atoms with Crippen LogP contribution in [-0.2, 0) is 14.3 Å². The van der Waals surface area contributed by atoms with Crippen LogP contribution in [0.3, 0.4) is 0 Å². The summed E-state index contributed by atoms with van der Waals surface area (Å²) in [4.78, 5) is 22.7. The highest BCUT2D eigenvalue weighted by Crippen LogP contribution is 2.18. The van der Waals surface area contributed by atoms with Crippen LogP contribution in [0, 0.1) is 5.92 Å². The van der Waals surface area contributed by atoms with E-state index < -0.39 is 17.9 Å². The maximum atomic E-state index is 11.8. The van der Waals surface area contributed by atoms with Crippen LogP contribution in [0.2, 0.25) is 0 Å². The van der Waals surface area contributed by atoms with Crippen molar-refractivity contribution in [1.82, 2.24) is 5.32 Å². The van der Waals surface area contributed by atoms with E-state index in [-0.39, 0.29) is 24.9 Å². The summed E-state index contributed by atoms with van der Waals surface area (Å²) in [5.74, 6) is -1.17. The Morgan fingerprint density at radius 3 is 2.42 bits per heavy atom. The first kappa shape index (κ1) is 17.4. The number of rotatable bonds is 5. The molecule has 0 radical (unpaired) electrons. The SMILES string of the molecule is COC(=O)CNC(=O)C(C)C(N)c1ccccc1.Cl. The standard InChI is InChI=1S/C13H18N2O3.ClH/c1-9(13(17)15-8-11(16)18-2)12(14)10-6-4-3-5-7-10;/h3-7,9,12H,8,14H2,1-2H3,(H,15,17);1H. The van der Waals surface area contributed by atoms with Gasteiger partial charge in [-0.2, -0.15) is 0 Å². The fourth-order valence-electron chi connectivity index (χ4n) is 1.52. The zero-order valence-electron chi connectivity index (χ0n) is 11.0. The van der Waals surface area contributed by atoms with Gasteiger partial charge in [0.15, 0.2) is 0 Å². The molecule has 0 bridgehead atoms. The molecule has 0 spiro atoms. The molecule has 1 rings (SSSR count). The highest BCUT2D eigenvalue weighted by Gasteiger charge is 2.22. The van der Waals surface area contributed by atoms with Crippen LogP contribution in [0.5, 0.6) is 0 Å². The smallest absolute Gasteiger partial charge is 0.325 e. The highest BCUT2D eigenvalue weighted by atomic mass is 35.5. The van der Waals surface area contributed by atoms with Crippen molar-refractivity contribution in [2.45, 2.75) is 13.0 Å². The normalized spacial score (nSPS) is 12.8. The molecule has 19 heavy (non-hydrogen) atoms. The van der Waals surface area contributed by atoms with E-state index in [9.17, 15) is 9.59 Å². The van der Waals surface area contributed by atoms with Crippen molar-refractivity contribution < 1.29 is 14.3 Å². The highest BCUT2D eigenvalue weighted by molar-refractivity contribution is 5.85. The second kappa shape index (κ2) is 8.50. The van der Waals surface area contributed by atoms with Crippen molar-refractivity contribution in [3.8, 4) is 0 Å². The maximum absolute atomic E-state index is 11.8. The predicted molar refractivity (Wildman–Crippen MR) is 74.8 cm³/mol. The molecule has 0 saturated heterocycles. The maximum Gasteiger partial charge on any atom is 0.325 e. The van der Waals surface area contributed by atoms with Crippen molar-refractivity contribution in [3.63, 3.8) is 0 Å². The molecule has 3 N–H and O–H groups in total. The molecular weight excluding hydrogens is 268 g/mol. The Morgan fingerprint density at radius 2 is 1.89 bits per heavy atom. The largest absolute Gasteiger partial charge is 0.468 e. The van der Waals surface area contributed by atoms with Crippen LogP contribution in [0.25, 0.3) is 0 Å². The topological polar surface area (TPSA) is 81.4 Å². The van der Waals surface area contributed by atoms with Crippen molar-refractivity contribution >= 4 is 24.3 Å². The van der Waals surface area contributed by atoms with Gasteiger partial charge in [0.05, 0.1) is 13.0 Å². The number of hydrogen-bond donors (Lipinski definition) is 2. The zero-order chi connectivity index (χ0) is 13.5. The second-order valence-electron chi connectivity index (χ2n) is 4.02. The summed E-state index contributed by atoms with van der Waals surface area (Å²) >= 11 is 0. The number of carbonyl (C=O) groups excluding carboxylic acids is 2. The van der Waals surface area contributed by atoms with Crippen LogP contribution < -0.4 is 11.1 Å². The number of halogens is 1. The third kappa shape index (κ3) is 5.28. The van der Waals surface area contributed by atoms with Gasteiger partial charge in [0.25, 0.3) is 0 Å². The molecule has 5 nitrogen and oxygen atoms in total. The van der Waals surface area contributed by atoms with Gasteiger partial charge in [0.1, 0.15) is 6.54 Å². The molecule has 1 aromatic carbocycles. The first-order valence-electron chi connectivity index (χ1n) is 5.71. The molecular formula is C13H19ClN2O3. The molecule has 0 fully saturated rings. The monoisotopic (exact) mass is 286 g/mol. The molecule has 1 aromatic rings. The summed E-state index contributed by atoms with van der Waals surface area (Å²) in [6.45, 7) is 1.59. The Kier molecular flexibility index (Phi) is 7.79. The Bertz CT molecular complexity index is 412. The molecule has 0 aliphatic carbocycles. The lowest BCUT2D eigenvalue weighted by Gasteiger charge is -2.19. The van der Waals surface area contributed by atoms with Crippen molar-refractivity contribution in [2.24, 2.45) is 11.7 Å². The Labute approximate surface area is 118 Å². The molecule has 0 aliphatic heterocycles. The van der Waals surface area contributed by atoms with E-state index in [1.165, 1.54) is 7.11 Å². The predicted octanol–water partition coefficient (Wildman–Crippen LogP) is 1.03. The van der Waals surface area contributed by atoms with Gasteiger partial charge in [-0.25, -0.2) is 0 Å².